The molecule has 1 aliphatic heterocycles. The Labute approximate surface area is 121 Å². The van der Waals surface area contributed by atoms with E-state index >= 15 is 0 Å². The van der Waals surface area contributed by atoms with Crippen LogP contribution in [0.15, 0.2) is 18.2 Å². The number of nitrogens with zero attached hydrogens (tertiary/aromatic N) is 2. The molecule has 106 valence electrons. The van der Waals surface area contributed by atoms with Crippen molar-refractivity contribution >= 4 is 11.6 Å². The summed E-state index contributed by atoms with van der Waals surface area (Å²) in [5.41, 5.74) is 2.51. The van der Waals surface area contributed by atoms with E-state index in [1.165, 1.54) is 5.56 Å². The fourth-order valence-electron chi connectivity index (χ4n) is 2.58. The van der Waals surface area contributed by atoms with E-state index in [2.05, 4.69) is 48.3 Å². The normalized spacial score (nSPS) is 18.8. The molecule has 0 bridgehead atoms. The summed E-state index contributed by atoms with van der Waals surface area (Å²) in [4.78, 5) is 4.83. The van der Waals surface area contributed by atoms with Crippen LogP contribution in [0, 0.1) is 6.92 Å². The number of nitrogens with one attached hydrogen (secondary N) is 1. The first-order valence-electron chi connectivity index (χ1n) is 6.93. The van der Waals surface area contributed by atoms with Crippen LogP contribution in [0.1, 0.15) is 17.2 Å². The summed E-state index contributed by atoms with van der Waals surface area (Å²) < 4.78 is 0. The Balaban J connectivity index is 2.12. The monoisotopic (exact) mass is 281 g/mol. The van der Waals surface area contributed by atoms with Crippen LogP contribution < -0.4 is 5.32 Å². The van der Waals surface area contributed by atoms with Gasteiger partial charge < -0.3 is 10.2 Å². The van der Waals surface area contributed by atoms with Crippen LogP contribution in [0.25, 0.3) is 0 Å². The standard InChI is InChI=1S/C15H24ClN3/c1-12-10-13(4-5-14(12)16)15(18(2)3)11-19-8-6-17-7-9-19/h4-5,10,15,17H,6-9,11H2,1-3H3. The van der Waals surface area contributed by atoms with Crippen molar-refractivity contribution in [2.75, 3.05) is 46.8 Å². The predicted molar refractivity (Wildman–Crippen MR) is 81.9 cm³/mol. The molecular weight excluding hydrogens is 258 g/mol. The molecule has 1 N–H and O–H groups in total. The van der Waals surface area contributed by atoms with Crippen molar-refractivity contribution in [3.63, 3.8) is 0 Å². The molecule has 0 aliphatic carbocycles. The van der Waals surface area contributed by atoms with Crippen LogP contribution >= 0.6 is 11.6 Å². The molecule has 0 aromatic heterocycles. The van der Waals surface area contributed by atoms with E-state index in [0.717, 1.165) is 43.3 Å². The Bertz CT molecular complexity index is 414. The number of aryl methyl sites for hydroxylation is 1. The number of hydrogen-bond acceptors (Lipinski definition) is 3. The van der Waals surface area contributed by atoms with Gasteiger partial charge in [-0.2, -0.15) is 0 Å². The lowest BCUT2D eigenvalue weighted by Crippen LogP contribution is -2.46. The van der Waals surface area contributed by atoms with Crippen LogP contribution in [-0.2, 0) is 0 Å². The minimum absolute atomic E-state index is 0.425. The third kappa shape index (κ3) is 3.93. The summed E-state index contributed by atoms with van der Waals surface area (Å²) in [5, 5.41) is 4.25. The van der Waals surface area contributed by atoms with Gasteiger partial charge in [0, 0.05) is 43.8 Å². The van der Waals surface area contributed by atoms with Crippen LogP contribution in [0.5, 0.6) is 0 Å². The summed E-state index contributed by atoms with van der Waals surface area (Å²) in [6.45, 7) is 7.62. The first-order valence-corrected chi connectivity index (χ1v) is 7.31. The molecule has 1 atom stereocenters. The SMILES string of the molecule is Cc1cc(C(CN2CCNCC2)N(C)C)ccc1Cl. The number of piperazine rings is 1. The van der Waals surface area contributed by atoms with E-state index in [9.17, 15) is 0 Å². The van der Waals surface area contributed by atoms with Gasteiger partial charge in [-0.1, -0.05) is 23.7 Å². The van der Waals surface area contributed by atoms with Crippen molar-refractivity contribution < 1.29 is 0 Å². The van der Waals surface area contributed by atoms with Crippen molar-refractivity contribution in [3.05, 3.63) is 34.3 Å². The Morgan fingerprint density at radius 1 is 1.32 bits per heavy atom. The molecule has 0 saturated carbocycles. The maximum atomic E-state index is 6.12. The highest BCUT2D eigenvalue weighted by Crippen LogP contribution is 2.24. The molecular formula is C15H24ClN3. The molecule has 0 spiro atoms. The summed E-state index contributed by atoms with van der Waals surface area (Å²) >= 11 is 6.12. The number of likely N-dealkylation sites (N-methyl/N-ethyl adjacent to an activating group) is 1. The van der Waals surface area contributed by atoms with Crippen molar-refractivity contribution in [2.24, 2.45) is 0 Å². The van der Waals surface area contributed by atoms with Crippen LogP contribution in [0.2, 0.25) is 5.02 Å². The summed E-state index contributed by atoms with van der Waals surface area (Å²) in [6.07, 6.45) is 0. The molecule has 1 aliphatic rings. The fourth-order valence-corrected chi connectivity index (χ4v) is 2.70. The Hall–Kier alpha value is -0.610. The van der Waals surface area contributed by atoms with E-state index < -0.39 is 0 Å². The lowest BCUT2D eigenvalue weighted by Gasteiger charge is -2.34. The molecule has 2 rings (SSSR count). The molecule has 1 aromatic carbocycles. The first-order chi connectivity index (χ1) is 9.08. The molecule has 1 fully saturated rings. The predicted octanol–water partition coefficient (Wildman–Crippen LogP) is 2.16. The molecule has 4 heteroatoms. The third-order valence-electron chi connectivity index (χ3n) is 3.83. The molecule has 1 saturated heterocycles. The van der Waals surface area contributed by atoms with E-state index in [-0.39, 0.29) is 0 Å². The summed E-state index contributed by atoms with van der Waals surface area (Å²) in [5.74, 6) is 0. The van der Waals surface area contributed by atoms with Gasteiger partial charge in [0.15, 0.2) is 0 Å². The second kappa shape index (κ2) is 6.71. The Morgan fingerprint density at radius 3 is 2.58 bits per heavy atom. The molecule has 0 radical (unpaired) electrons. The highest BCUT2D eigenvalue weighted by molar-refractivity contribution is 6.31. The number of halogens is 1. The fraction of sp³-hybridized carbons (Fsp3) is 0.600. The van der Waals surface area contributed by atoms with Crippen molar-refractivity contribution in [3.8, 4) is 0 Å². The average molecular weight is 282 g/mol. The van der Waals surface area contributed by atoms with Gasteiger partial charge in [-0.05, 0) is 38.2 Å². The molecule has 3 nitrogen and oxygen atoms in total. The zero-order valence-corrected chi connectivity index (χ0v) is 12.9. The van der Waals surface area contributed by atoms with Gasteiger partial charge in [0.2, 0.25) is 0 Å². The molecule has 1 unspecified atom stereocenters. The molecule has 19 heavy (non-hydrogen) atoms. The van der Waals surface area contributed by atoms with Gasteiger partial charge in [-0.15, -0.1) is 0 Å². The van der Waals surface area contributed by atoms with Crippen molar-refractivity contribution in [1.29, 1.82) is 0 Å². The van der Waals surface area contributed by atoms with Gasteiger partial charge in [0.25, 0.3) is 0 Å². The lowest BCUT2D eigenvalue weighted by atomic mass is 10.0. The summed E-state index contributed by atoms with van der Waals surface area (Å²) in [6, 6.07) is 6.81. The van der Waals surface area contributed by atoms with Gasteiger partial charge >= 0.3 is 0 Å². The smallest absolute Gasteiger partial charge is 0.0469 e. The van der Waals surface area contributed by atoms with Gasteiger partial charge in [0.1, 0.15) is 0 Å². The Morgan fingerprint density at radius 2 is 2.00 bits per heavy atom. The lowest BCUT2D eigenvalue weighted by molar-refractivity contribution is 0.168. The van der Waals surface area contributed by atoms with Gasteiger partial charge in [-0.25, -0.2) is 0 Å². The van der Waals surface area contributed by atoms with Gasteiger partial charge in [-0.3, -0.25) is 4.90 Å². The van der Waals surface area contributed by atoms with Gasteiger partial charge in [0.05, 0.1) is 0 Å². The maximum Gasteiger partial charge on any atom is 0.0469 e. The van der Waals surface area contributed by atoms with E-state index in [0.29, 0.717) is 6.04 Å². The minimum atomic E-state index is 0.425. The highest BCUT2D eigenvalue weighted by Gasteiger charge is 2.20. The first kappa shape index (κ1) is 14.8. The summed E-state index contributed by atoms with van der Waals surface area (Å²) in [7, 11) is 4.30. The second-order valence-electron chi connectivity index (χ2n) is 5.54. The maximum absolute atomic E-state index is 6.12. The van der Waals surface area contributed by atoms with Crippen LogP contribution in [-0.4, -0.2) is 56.6 Å². The third-order valence-corrected chi connectivity index (χ3v) is 4.25. The number of rotatable bonds is 4. The van der Waals surface area contributed by atoms with E-state index in [4.69, 9.17) is 11.6 Å². The van der Waals surface area contributed by atoms with Crippen molar-refractivity contribution in [1.82, 2.24) is 15.1 Å². The zero-order chi connectivity index (χ0) is 13.8. The van der Waals surface area contributed by atoms with E-state index in [1.54, 1.807) is 0 Å². The quantitative estimate of drug-likeness (QED) is 0.912. The van der Waals surface area contributed by atoms with E-state index in [1.807, 2.05) is 6.07 Å². The average Bonchev–Trinajstić information content (AvgIpc) is 2.40. The van der Waals surface area contributed by atoms with Crippen LogP contribution in [0.3, 0.4) is 0 Å². The number of hydrogen-bond donors (Lipinski definition) is 1. The number of benzene rings is 1. The molecule has 1 heterocycles. The second-order valence-corrected chi connectivity index (χ2v) is 5.95. The Kier molecular flexibility index (Phi) is 5.22. The largest absolute Gasteiger partial charge is 0.314 e. The zero-order valence-electron chi connectivity index (χ0n) is 12.1. The van der Waals surface area contributed by atoms with Crippen molar-refractivity contribution in [2.45, 2.75) is 13.0 Å². The highest BCUT2D eigenvalue weighted by atomic mass is 35.5. The topological polar surface area (TPSA) is 18.5 Å². The molecule has 0 amide bonds. The minimum Gasteiger partial charge on any atom is -0.314 e. The molecule has 1 aromatic rings. The van der Waals surface area contributed by atoms with Crippen LogP contribution in [0.4, 0.5) is 0 Å².